The molecular weight excluding hydrogens is 887 g/mol. The van der Waals surface area contributed by atoms with E-state index in [1.165, 1.54) is 263 Å². The molecule has 0 fully saturated rings. The number of allylic oxidation sites excluding steroid dienone is 6. The minimum atomic E-state index is -0.661. The van der Waals surface area contributed by atoms with Gasteiger partial charge in [-0.25, -0.2) is 0 Å². The molecule has 3 N–H and O–H groups in total. The molecular formula is C66H125NO5. The smallest absolute Gasteiger partial charge is 0.305 e. The molecule has 0 aromatic carbocycles. The van der Waals surface area contributed by atoms with Crippen molar-refractivity contribution >= 4 is 11.9 Å². The van der Waals surface area contributed by atoms with E-state index in [1.807, 2.05) is 0 Å². The Morgan fingerprint density at radius 3 is 1.11 bits per heavy atom. The number of esters is 1. The third kappa shape index (κ3) is 57.4. The second-order valence-electron chi connectivity index (χ2n) is 22.1. The molecule has 2 atom stereocenters. The predicted molar refractivity (Wildman–Crippen MR) is 315 cm³/mol. The molecule has 0 saturated carbocycles. The Labute approximate surface area is 449 Å². The number of rotatable bonds is 60. The largest absolute Gasteiger partial charge is 0.466 e. The first-order valence-electron chi connectivity index (χ1n) is 32.2. The molecule has 0 aromatic heterocycles. The van der Waals surface area contributed by atoms with Crippen LogP contribution in [0.25, 0.3) is 0 Å². The molecule has 424 valence electrons. The Hall–Kier alpha value is -1.92. The van der Waals surface area contributed by atoms with Gasteiger partial charge in [-0.2, -0.15) is 0 Å². The molecule has 2 unspecified atom stereocenters. The predicted octanol–water partition coefficient (Wildman–Crippen LogP) is 20.4. The monoisotopic (exact) mass is 1010 g/mol. The van der Waals surface area contributed by atoms with Crippen molar-refractivity contribution in [2.45, 2.75) is 360 Å². The standard InChI is InChI=1S/C66H125NO5/c1-3-5-7-9-11-13-15-16-37-40-44-48-52-56-60-66(71)72-61-57-53-49-45-41-38-35-33-31-29-27-25-23-21-19-17-18-20-22-24-26-28-30-32-34-36-39-43-47-51-55-59-65(70)67-63(62-68)64(69)58-54-50-46-42-14-12-10-8-6-4-2/h9,11,15-16,19,21,63-64,68-69H,3-8,10,12-14,17-18,20,22-62H2,1-2H3,(H,67,70)/b11-9-,16-15-,21-19-. The van der Waals surface area contributed by atoms with Crippen LogP contribution in [-0.2, 0) is 14.3 Å². The van der Waals surface area contributed by atoms with Crippen LogP contribution in [0.1, 0.15) is 348 Å². The van der Waals surface area contributed by atoms with Gasteiger partial charge in [0.25, 0.3) is 0 Å². The summed E-state index contributed by atoms with van der Waals surface area (Å²) in [6.07, 6.45) is 77.5. The first kappa shape index (κ1) is 70.1. The molecule has 1 amide bonds. The Morgan fingerprint density at radius 1 is 0.389 bits per heavy atom. The first-order valence-corrected chi connectivity index (χ1v) is 32.2. The number of amides is 1. The van der Waals surface area contributed by atoms with Gasteiger partial charge in [0.2, 0.25) is 5.91 Å². The number of nitrogens with one attached hydrogen (secondary N) is 1. The second kappa shape index (κ2) is 61.6. The molecule has 6 heteroatoms. The Balaban J connectivity index is 3.34. The zero-order valence-corrected chi connectivity index (χ0v) is 48.4. The maximum Gasteiger partial charge on any atom is 0.305 e. The van der Waals surface area contributed by atoms with Crippen molar-refractivity contribution in [3.8, 4) is 0 Å². The number of hydrogen-bond donors (Lipinski definition) is 3. The van der Waals surface area contributed by atoms with Crippen molar-refractivity contribution in [2.75, 3.05) is 13.2 Å². The van der Waals surface area contributed by atoms with E-state index < -0.39 is 12.1 Å². The SMILES string of the molecule is CCCC/C=C\C/C=C\CCCCCCCC(=O)OCCCCCCCCCCCCCC/C=C\CCCCCCCCCCCCCCCCCC(=O)NC(CO)C(O)CCCCCCCCCCCC. The number of unbranched alkanes of at least 4 members (excludes halogenated alkanes) is 43. The minimum Gasteiger partial charge on any atom is -0.466 e. The van der Waals surface area contributed by atoms with E-state index in [2.05, 4.69) is 55.6 Å². The van der Waals surface area contributed by atoms with Gasteiger partial charge in [-0.3, -0.25) is 9.59 Å². The third-order valence-corrected chi connectivity index (χ3v) is 14.9. The highest BCUT2D eigenvalue weighted by atomic mass is 16.5. The zero-order chi connectivity index (χ0) is 52.2. The summed E-state index contributed by atoms with van der Waals surface area (Å²) in [7, 11) is 0. The summed E-state index contributed by atoms with van der Waals surface area (Å²) in [4.78, 5) is 24.5. The molecule has 0 rings (SSSR count). The lowest BCUT2D eigenvalue weighted by atomic mass is 10.0. The fraction of sp³-hybridized carbons (Fsp3) is 0.879. The van der Waals surface area contributed by atoms with E-state index >= 15 is 0 Å². The van der Waals surface area contributed by atoms with Crippen LogP contribution < -0.4 is 5.32 Å². The molecule has 0 bridgehead atoms. The van der Waals surface area contributed by atoms with Crippen LogP contribution in [0.4, 0.5) is 0 Å². The lowest BCUT2D eigenvalue weighted by Crippen LogP contribution is -2.45. The second-order valence-corrected chi connectivity index (χ2v) is 22.1. The third-order valence-electron chi connectivity index (χ3n) is 14.9. The number of aliphatic hydroxyl groups is 2. The highest BCUT2D eigenvalue weighted by Gasteiger charge is 2.20. The van der Waals surface area contributed by atoms with Gasteiger partial charge in [0.1, 0.15) is 0 Å². The minimum absolute atomic E-state index is 0.00292. The molecule has 0 aliphatic rings. The van der Waals surface area contributed by atoms with Crippen LogP contribution in [0.2, 0.25) is 0 Å². The van der Waals surface area contributed by atoms with Crippen LogP contribution in [-0.4, -0.2) is 47.4 Å². The number of ether oxygens (including phenoxy) is 1. The van der Waals surface area contributed by atoms with Gasteiger partial charge in [0.05, 0.1) is 25.4 Å². The number of aliphatic hydroxyl groups excluding tert-OH is 2. The fourth-order valence-electron chi connectivity index (χ4n) is 9.95. The van der Waals surface area contributed by atoms with Crippen molar-refractivity contribution in [3.63, 3.8) is 0 Å². The molecule has 0 spiro atoms. The lowest BCUT2D eigenvalue weighted by Gasteiger charge is -2.22. The van der Waals surface area contributed by atoms with Gasteiger partial charge in [-0.15, -0.1) is 0 Å². The summed E-state index contributed by atoms with van der Waals surface area (Å²) in [6, 6.07) is -0.538. The van der Waals surface area contributed by atoms with E-state index in [9.17, 15) is 19.8 Å². The van der Waals surface area contributed by atoms with Crippen molar-refractivity contribution in [1.29, 1.82) is 0 Å². The van der Waals surface area contributed by atoms with Crippen LogP contribution in [0, 0.1) is 0 Å². The zero-order valence-electron chi connectivity index (χ0n) is 48.4. The highest BCUT2D eigenvalue weighted by Crippen LogP contribution is 2.18. The highest BCUT2D eigenvalue weighted by molar-refractivity contribution is 5.76. The molecule has 0 heterocycles. The van der Waals surface area contributed by atoms with E-state index in [-0.39, 0.29) is 18.5 Å². The van der Waals surface area contributed by atoms with Crippen LogP contribution in [0.15, 0.2) is 36.5 Å². The number of hydrogen-bond acceptors (Lipinski definition) is 5. The van der Waals surface area contributed by atoms with Gasteiger partial charge in [-0.1, -0.05) is 294 Å². The molecule has 72 heavy (non-hydrogen) atoms. The Kier molecular flexibility index (Phi) is 60.0. The summed E-state index contributed by atoms with van der Waals surface area (Å²) >= 11 is 0. The maximum absolute atomic E-state index is 12.4. The van der Waals surface area contributed by atoms with Crippen molar-refractivity contribution in [2.24, 2.45) is 0 Å². The first-order chi connectivity index (χ1) is 35.5. The molecule has 0 aromatic rings. The summed E-state index contributed by atoms with van der Waals surface area (Å²) in [5.74, 6) is -0.0307. The summed E-state index contributed by atoms with van der Waals surface area (Å²) < 4.78 is 5.48. The van der Waals surface area contributed by atoms with Gasteiger partial charge in [-0.05, 0) is 77.0 Å². The van der Waals surface area contributed by atoms with Gasteiger partial charge in [0, 0.05) is 12.8 Å². The Morgan fingerprint density at radius 2 is 0.708 bits per heavy atom. The number of carbonyl (C=O) groups is 2. The van der Waals surface area contributed by atoms with Crippen molar-refractivity contribution < 1.29 is 24.5 Å². The lowest BCUT2D eigenvalue weighted by molar-refractivity contribution is -0.143. The van der Waals surface area contributed by atoms with E-state index in [0.717, 1.165) is 51.4 Å². The van der Waals surface area contributed by atoms with Gasteiger partial charge in [0.15, 0.2) is 0 Å². The average Bonchev–Trinajstić information content (AvgIpc) is 3.38. The van der Waals surface area contributed by atoms with E-state index in [4.69, 9.17) is 4.74 Å². The fourth-order valence-corrected chi connectivity index (χ4v) is 9.95. The number of carbonyl (C=O) groups excluding carboxylic acids is 2. The normalized spacial score (nSPS) is 12.8. The van der Waals surface area contributed by atoms with E-state index in [1.54, 1.807) is 0 Å². The molecule has 0 saturated heterocycles. The topological polar surface area (TPSA) is 95.9 Å². The molecule has 0 aliphatic heterocycles. The van der Waals surface area contributed by atoms with Gasteiger partial charge >= 0.3 is 5.97 Å². The Bertz CT molecular complexity index is 1170. The quantitative estimate of drug-likeness (QED) is 0.0320. The summed E-state index contributed by atoms with van der Waals surface area (Å²) in [5.41, 5.74) is 0. The van der Waals surface area contributed by atoms with Gasteiger partial charge < -0.3 is 20.3 Å². The molecule has 0 radical (unpaired) electrons. The van der Waals surface area contributed by atoms with Crippen LogP contribution in [0.5, 0.6) is 0 Å². The summed E-state index contributed by atoms with van der Waals surface area (Å²) in [6.45, 7) is 4.91. The van der Waals surface area contributed by atoms with Crippen molar-refractivity contribution in [3.05, 3.63) is 36.5 Å². The summed E-state index contributed by atoms with van der Waals surface area (Å²) in [5, 5.41) is 23.2. The average molecular weight is 1010 g/mol. The maximum atomic E-state index is 12.4. The molecule has 0 aliphatic carbocycles. The van der Waals surface area contributed by atoms with Crippen LogP contribution in [0.3, 0.4) is 0 Å². The van der Waals surface area contributed by atoms with Crippen molar-refractivity contribution in [1.82, 2.24) is 5.32 Å². The van der Waals surface area contributed by atoms with E-state index in [0.29, 0.717) is 25.9 Å². The van der Waals surface area contributed by atoms with Crippen LogP contribution >= 0.6 is 0 Å². The molecule has 6 nitrogen and oxygen atoms in total.